The molecule has 2 nitrogen and oxygen atoms in total. The van der Waals surface area contributed by atoms with Crippen LogP contribution in [0.25, 0.3) is 0 Å². The van der Waals surface area contributed by atoms with Gasteiger partial charge >= 0.3 is 6.18 Å². The molecule has 1 aromatic rings. The summed E-state index contributed by atoms with van der Waals surface area (Å²) in [6, 6.07) is 4.01. The molecule has 0 atom stereocenters. The van der Waals surface area contributed by atoms with Gasteiger partial charge in [0.2, 0.25) is 0 Å². The zero-order chi connectivity index (χ0) is 13.4. The first-order chi connectivity index (χ1) is 8.38. The van der Waals surface area contributed by atoms with Crippen molar-refractivity contribution in [3.8, 4) is 5.75 Å². The molecule has 1 aromatic carbocycles. The lowest BCUT2D eigenvalue weighted by Gasteiger charge is -2.19. The van der Waals surface area contributed by atoms with Crippen LogP contribution in [0.15, 0.2) is 18.2 Å². The molecule has 1 saturated carbocycles. The Morgan fingerprint density at radius 2 is 1.94 bits per heavy atom. The number of halogens is 4. The van der Waals surface area contributed by atoms with Gasteiger partial charge in [0.25, 0.3) is 0 Å². The Bertz CT molecular complexity index is 440. The second-order valence-corrected chi connectivity index (χ2v) is 4.54. The largest absolute Gasteiger partial charge is 0.490 e. The third kappa shape index (κ3) is 2.43. The fourth-order valence-electron chi connectivity index (χ4n) is 1.66. The Morgan fingerprint density at radius 3 is 2.39 bits per heavy atom. The first-order valence-electron chi connectivity index (χ1n) is 5.56. The van der Waals surface area contributed by atoms with E-state index in [4.69, 9.17) is 10.5 Å². The highest BCUT2D eigenvalue weighted by Crippen LogP contribution is 2.57. The van der Waals surface area contributed by atoms with Crippen molar-refractivity contribution in [3.05, 3.63) is 29.6 Å². The van der Waals surface area contributed by atoms with Gasteiger partial charge in [-0.05, 0) is 30.5 Å². The second kappa shape index (κ2) is 4.42. The van der Waals surface area contributed by atoms with E-state index in [1.165, 1.54) is 18.2 Å². The molecule has 0 heterocycles. The maximum atomic E-state index is 13.5. The number of hydrogen-bond acceptors (Lipinski definition) is 2. The van der Waals surface area contributed by atoms with Gasteiger partial charge in [0.1, 0.15) is 12.0 Å². The molecule has 0 amide bonds. The molecule has 1 aliphatic rings. The molecule has 0 radical (unpaired) electrons. The molecule has 0 aromatic heterocycles. The summed E-state index contributed by atoms with van der Waals surface area (Å²) >= 11 is 0. The predicted molar refractivity (Wildman–Crippen MR) is 57.5 cm³/mol. The topological polar surface area (TPSA) is 35.2 Å². The van der Waals surface area contributed by atoms with E-state index in [0.717, 1.165) is 0 Å². The fourth-order valence-corrected chi connectivity index (χ4v) is 1.66. The van der Waals surface area contributed by atoms with Crippen molar-refractivity contribution in [2.75, 3.05) is 6.61 Å². The summed E-state index contributed by atoms with van der Waals surface area (Å²) in [5.74, 6) is -0.848. The van der Waals surface area contributed by atoms with Gasteiger partial charge in [-0.2, -0.15) is 13.2 Å². The van der Waals surface area contributed by atoms with E-state index in [-0.39, 0.29) is 25.1 Å². The van der Waals surface area contributed by atoms with E-state index in [9.17, 15) is 17.6 Å². The first kappa shape index (κ1) is 13.1. The number of rotatable bonds is 4. The Hall–Kier alpha value is -1.30. The van der Waals surface area contributed by atoms with Crippen molar-refractivity contribution in [1.82, 2.24) is 0 Å². The van der Waals surface area contributed by atoms with E-state index in [2.05, 4.69) is 0 Å². The van der Waals surface area contributed by atoms with Gasteiger partial charge < -0.3 is 10.5 Å². The summed E-state index contributed by atoms with van der Waals surface area (Å²) < 4.78 is 56.3. The van der Waals surface area contributed by atoms with Crippen LogP contribution in [-0.4, -0.2) is 12.8 Å². The minimum atomic E-state index is -4.29. The maximum Gasteiger partial charge on any atom is 0.397 e. The van der Waals surface area contributed by atoms with E-state index >= 15 is 0 Å². The molecule has 100 valence electrons. The first-order valence-corrected chi connectivity index (χ1v) is 5.56. The van der Waals surface area contributed by atoms with Gasteiger partial charge in [0, 0.05) is 6.54 Å². The highest BCUT2D eigenvalue weighted by molar-refractivity contribution is 5.29. The smallest absolute Gasteiger partial charge is 0.397 e. The van der Waals surface area contributed by atoms with Crippen LogP contribution in [0, 0.1) is 11.2 Å². The van der Waals surface area contributed by atoms with Crippen LogP contribution in [-0.2, 0) is 6.54 Å². The van der Waals surface area contributed by atoms with Crippen molar-refractivity contribution in [3.63, 3.8) is 0 Å². The molecule has 2 N–H and O–H groups in total. The molecular formula is C12H13F4NO. The number of ether oxygens (including phenoxy) is 1. The third-order valence-electron chi connectivity index (χ3n) is 3.19. The highest BCUT2D eigenvalue weighted by atomic mass is 19.4. The molecule has 2 rings (SSSR count). The lowest BCUT2D eigenvalue weighted by molar-refractivity contribution is -0.194. The average molecular weight is 263 g/mol. The standard InChI is InChI=1S/C12H13F4NO/c13-9-5-8(6-17)1-2-10(9)18-7-11(3-4-11)12(14,15)16/h1-2,5H,3-4,6-7,17H2. The average Bonchev–Trinajstić information content (AvgIpc) is 3.07. The van der Waals surface area contributed by atoms with Crippen molar-refractivity contribution in [1.29, 1.82) is 0 Å². The zero-order valence-corrected chi connectivity index (χ0v) is 9.56. The third-order valence-corrected chi connectivity index (χ3v) is 3.19. The Labute approximate surface area is 102 Å². The van der Waals surface area contributed by atoms with Gasteiger partial charge in [-0.3, -0.25) is 0 Å². The van der Waals surface area contributed by atoms with E-state index in [1.807, 2.05) is 0 Å². The lowest BCUT2D eigenvalue weighted by Crippen LogP contribution is -2.30. The minimum Gasteiger partial charge on any atom is -0.490 e. The molecule has 0 aliphatic heterocycles. The molecular weight excluding hydrogens is 250 g/mol. The number of benzene rings is 1. The Kier molecular flexibility index (Phi) is 3.23. The van der Waals surface area contributed by atoms with Crippen LogP contribution in [0.1, 0.15) is 18.4 Å². The highest BCUT2D eigenvalue weighted by Gasteiger charge is 2.63. The summed E-state index contributed by atoms with van der Waals surface area (Å²) in [7, 11) is 0. The van der Waals surface area contributed by atoms with Gasteiger partial charge in [-0.1, -0.05) is 6.07 Å². The molecule has 6 heteroatoms. The Balaban J connectivity index is 2.03. The van der Waals surface area contributed by atoms with Crippen molar-refractivity contribution >= 4 is 0 Å². The summed E-state index contributed by atoms with van der Waals surface area (Å²) in [6.45, 7) is -0.362. The quantitative estimate of drug-likeness (QED) is 0.847. The summed E-state index contributed by atoms with van der Waals surface area (Å²) in [5.41, 5.74) is 4.10. The van der Waals surface area contributed by atoms with E-state index in [0.29, 0.717) is 5.56 Å². The maximum absolute atomic E-state index is 13.5. The van der Waals surface area contributed by atoms with Gasteiger partial charge in [-0.25, -0.2) is 4.39 Å². The SMILES string of the molecule is NCc1ccc(OCC2(C(F)(F)F)CC2)c(F)c1. The molecule has 0 bridgehead atoms. The normalized spacial score (nSPS) is 17.6. The van der Waals surface area contributed by atoms with Crippen molar-refractivity contribution in [2.45, 2.75) is 25.6 Å². The molecule has 0 saturated heterocycles. The van der Waals surface area contributed by atoms with Gasteiger partial charge in [-0.15, -0.1) is 0 Å². The Morgan fingerprint density at radius 1 is 1.28 bits per heavy atom. The monoisotopic (exact) mass is 263 g/mol. The summed E-state index contributed by atoms with van der Waals surface area (Å²) in [5, 5.41) is 0. The van der Waals surface area contributed by atoms with E-state index in [1.54, 1.807) is 0 Å². The molecule has 0 unspecified atom stereocenters. The number of hydrogen-bond donors (Lipinski definition) is 1. The minimum absolute atomic E-state index is 0.0407. The van der Waals surface area contributed by atoms with Crippen LogP contribution in [0.4, 0.5) is 17.6 Å². The molecule has 0 spiro atoms. The van der Waals surface area contributed by atoms with Gasteiger partial charge in [0.15, 0.2) is 11.6 Å². The van der Waals surface area contributed by atoms with Gasteiger partial charge in [0.05, 0.1) is 0 Å². The van der Waals surface area contributed by atoms with Crippen LogP contribution in [0.2, 0.25) is 0 Å². The second-order valence-electron chi connectivity index (χ2n) is 4.54. The zero-order valence-electron chi connectivity index (χ0n) is 9.56. The summed E-state index contributed by atoms with van der Waals surface area (Å²) in [6.07, 6.45) is -4.21. The predicted octanol–water partition coefficient (Wildman–Crippen LogP) is 3.01. The van der Waals surface area contributed by atoms with Crippen LogP contribution in [0.3, 0.4) is 0 Å². The molecule has 1 fully saturated rings. The van der Waals surface area contributed by atoms with Crippen LogP contribution >= 0.6 is 0 Å². The number of alkyl halides is 3. The van der Waals surface area contributed by atoms with Crippen molar-refractivity contribution in [2.24, 2.45) is 11.1 Å². The van der Waals surface area contributed by atoms with Crippen LogP contribution < -0.4 is 10.5 Å². The molecule has 18 heavy (non-hydrogen) atoms. The lowest BCUT2D eigenvalue weighted by atomic mass is 10.1. The van der Waals surface area contributed by atoms with E-state index < -0.39 is 24.0 Å². The summed E-state index contributed by atoms with van der Waals surface area (Å²) in [4.78, 5) is 0. The number of nitrogens with two attached hydrogens (primary N) is 1. The van der Waals surface area contributed by atoms with Crippen LogP contribution in [0.5, 0.6) is 5.75 Å². The fraction of sp³-hybridized carbons (Fsp3) is 0.500. The van der Waals surface area contributed by atoms with Crippen molar-refractivity contribution < 1.29 is 22.3 Å². The molecule has 1 aliphatic carbocycles.